The van der Waals surface area contributed by atoms with Gasteiger partial charge in [-0.25, -0.2) is 0 Å². The molecule has 1 aromatic carbocycles. The number of benzene rings is 1. The van der Waals surface area contributed by atoms with Crippen molar-refractivity contribution in [2.75, 3.05) is 13.1 Å². The number of carbonyl (C=O) groups excluding carboxylic acids is 2. The molecule has 142 valence electrons. The average Bonchev–Trinajstić information content (AvgIpc) is 3.41. The number of piperidine rings is 1. The van der Waals surface area contributed by atoms with Gasteiger partial charge >= 0.3 is 0 Å². The summed E-state index contributed by atoms with van der Waals surface area (Å²) in [5.41, 5.74) is 3.07. The fraction of sp³-hybridized carbons (Fsp3) is 0.455. The Morgan fingerprint density at radius 2 is 1.93 bits per heavy atom. The number of nitrogens with zero attached hydrogens (tertiary/aromatic N) is 2. The third-order valence-corrected chi connectivity index (χ3v) is 6.29. The Labute approximate surface area is 164 Å². The second-order valence-corrected chi connectivity index (χ2v) is 8.57. The highest BCUT2D eigenvalue weighted by Gasteiger charge is 2.38. The van der Waals surface area contributed by atoms with Crippen LogP contribution in [0.25, 0.3) is 0 Å². The van der Waals surface area contributed by atoms with E-state index >= 15 is 0 Å². The van der Waals surface area contributed by atoms with E-state index in [1.165, 1.54) is 5.56 Å². The number of aryl methyl sites for hydroxylation is 1. The number of likely N-dealkylation sites (tertiary alicyclic amines) is 1. The summed E-state index contributed by atoms with van der Waals surface area (Å²) in [7, 11) is 0. The van der Waals surface area contributed by atoms with Gasteiger partial charge in [0.15, 0.2) is 0 Å². The topological polar surface area (TPSA) is 40.6 Å². The summed E-state index contributed by atoms with van der Waals surface area (Å²) in [5, 5.41) is 4.18. The number of amides is 2. The summed E-state index contributed by atoms with van der Waals surface area (Å²) < 4.78 is 0. The number of carbonyl (C=O) groups is 2. The molecule has 2 fully saturated rings. The second kappa shape index (κ2) is 7.85. The highest BCUT2D eigenvalue weighted by molar-refractivity contribution is 7.07. The molecule has 0 radical (unpaired) electrons. The zero-order chi connectivity index (χ0) is 18.8. The minimum atomic E-state index is -0.0765. The van der Waals surface area contributed by atoms with E-state index in [0.29, 0.717) is 24.7 Å². The fourth-order valence-corrected chi connectivity index (χ4v) is 4.49. The maximum atomic E-state index is 13.2. The van der Waals surface area contributed by atoms with Crippen molar-refractivity contribution >= 4 is 23.2 Å². The summed E-state index contributed by atoms with van der Waals surface area (Å²) in [4.78, 5) is 30.0. The maximum absolute atomic E-state index is 13.2. The Morgan fingerprint density at radius 3 is 2.59 bits per heavy atom. The molecule has 4 rings (SSSR count). The number of rotatable bonds is 5. The quantitative estimate of drug-likeness (QED) is 0.781. The fourth-order valence-electron chi connectivity index (χ4n) is 3.83. The van der Waals surface area contributed by atoms with Crippen LogP contribution in [-0.4, -0.2) is 40.7 Å². The summed E-state index contributed by atoms with van der Waals surface area (Å²) in [6.07, 6.45) is 3.98. The molecule has 1 aliphatic carbocycles. The van der Waals surface area contributed by atoms with Crippen LogP contribution >= 0.6 is 11.3 Å². The number of thiophene rings is 1. The minimum Gasteiger partial charge on any atom is -0.338 e. The normalized spacial score (nSPS) is 19.7. The van der Waals surface area contributed by atoms with Crippen LogP contribution in [0.2, 0.25) is 0 Å². The van der Waals surface area contributed by atoms with Crippen LogP contribution in [0, 0.1) is 12.8 Å². The summed E-state index contributed by atoms with van der Waals surface area (Å²) >= 11 is 1.67. The van der Waals surface area contributed by atoms with Gasteiger partial charge in [0.1, 0.15) is 0 Å². The molecule has 1 aromatic heterocycles. The minimum absolute atomic E-state index is 0.0447. The molecule has 2 heterocycles. The molecular formula is C22H26N2O2S. The van der Waals surface area contributed by atoms with E-state index in [2.05, 4.69) is 21.7 Å². The van der Waals surface area contributed by atoms with Gasteiger partial charge < -0.3 is 9.80 Å². The third kappa shape index (κ3) is 4.24. The molecule has 1 saturated carbocycles. The summed E-state index contributed by atoms with van der Waals surface area (Å²) in [6.45, 7) is 4.00. The largest absolute Gasteiger partial charge is 0.338 e. The van der Waals surface area contributed by atoms with E-state index in [9.17, 15) is 9.59 Å². The molecule has 4 nitrogen and oxygen atoms in total. The van der Waals surface area contributed by atoms with Crippen molar-refractivity contribution in [2.45, 2.75) is 45.2 Å². The van der Waals surface area contributed by atoms with Gasteiger partial charge in [0, 0.05) is 31.2 Å². The smallest absolute Gasteiger partial charge is 0.253 e. The van der Waals surface area contributed by atoms with Crippen molar-refractivity contribution in [1.82, 2.24) is 9.80 Å². The Hall–Kier alpha value is -2.14. The zero-order valence-electron chi connectivity index (χ0n) is 15.8. The van der Waals surface area contributed by atoms with E-state index in [1.807, 2.05) is 36.1 Å². The Morgan fingerprint density at radius 1 is 1.15 bits per heavy atom. The molecule has 1 aliphatic heterocycles. The van der Waals surface area contributed by atoms with Crippen LogP contribution in [0.1, 0.15) is 47.2 Å². The van der Waals surface area contributed by atoms with E-state index in [-0.39, 0.29) is 17.7 Å². The van der Waals surface area contributed by atoms with Crippen LogP contribution in [0.3, 0.4) is 0 Å². The van der Waals surface area contributed by atoms with E-state index in [1.54, 1.807) is 11.3 Å². The first-order chi connectivity index (χ1) is 13.1. The average molecular weight is 383 g/mol. The molecule has 27 heavy (non-hydrogen) atoms. The van der Waals surface area contributed by atoms with E-state index in [0.717, 1.165) is 37.8 Å². The summed E-state index contributed by atoms with van der Waals surface area (Å²) in [6, 6.07) is 10.2. The van der Waals surface area contributed by atoms with Crippen LogP contribution in [0.15, 0.2) is 41.1 Å². The Kier molecular flexibility index (Phi) is 5.30. The van der Waals surface area contributed by atoms with Crippen LogP contribution in [0.4, 0.5) is 0 Å². The Balaban J connectivity index is 1.44. The molecular weight excluding hydrogens is 356 g/mol. The van der Waals surface area contributed by atoms with Gasteiger partial charge in [0.25, 0.3) is 5.91 Å². The summed E-state index contributed by atoms with van der Waals surface area (Å²) in [5.74, 6) is 0.195. The van der Waals surface area contributed by atoms with Crippen LogP contribution < -0.4 is 0 Å². The lowest BCUT2D eigenvalue weighted by molar-refractivity contribution is -0.138. The molecule has 0 bridgehead atoms. The third-order valence-electron chi connectivity index (χ3n) is 5.56. The molecule has 0 spiro atoms. The van der Waals surface area contributed by atoms with E-state index in [4.69, 9.17) is 0 Å². The van der Waals surface area contributed by atoms with Crippen molar-refractivity contribution in [2.24, 2.45) is 5.92 Å². The molecule has 5 heteroatoms. The first-order valence-electron chi connectivity index (χ1n) is 9.79. The van der Waals surface area contributed by atoms with Crippen molar-refractivity contribution < 1.29 is 9.59 Å². The van der Waals surface area contributed by atoms with Gasteiger partial charge in [-0.05, 0) is 67.1 Å². The van der Waals surface area contributed by atoms with Gasteiger partial charge in [-0.3, -0.25) is 9.59 Å². The van der Waals surface area contributed by atoms with Gasteiger partial charge in [0.2, 0.25) is 5.91 Å². The molecule has 1 saturated heterocycles. The lowest BCUT2D eigenvalue weighted by atomic mass is 9.95. The number of hydrogen-bond donors (Lipinski definition) is 0. The molecule has 2 aliphatic rings. The number of hydrogen-bond acceptors (Lipinski definition) is 3. The van der Waals surface area contributed by atoms with E-state index < -0.39 is 0 Å². The monoisotopic (exact) mass is 382 g/mol. The highest BCUT2D eigenvalue weighted by atomic mass is 32.1. The van der Waals surface area contributed by atoms with Crippen molar-refractivity contribution in [3.8, 4) is 0 Å². The molecule has 1 unspecified atom stereocenters. The highest BCUT2D eigenvalue weighted by Crippen LogP contribution is 2.32. The van der Waals surface area contributed by atoms with Gasteiger partial charge in [-0.1, -0.05) is 17.7 Å². The van der Waals surface area contributed by atoms with Crippen molar-refractivity contribution in [1.29, 1.82) is 0 Å². The predicted molar refractivity (Wildman–Crippen MR) is 108 cm³/mol. The zero-order valence-corrected chi connectivity index (χ0v) is 16.6. The van der Waals surface area contributed by atoms with Crippen LogP contribution in [0.5, 0.6) is 0 Å². The first-order valence-corrected chi connectivity index (χ1v) is 10.7. The molecule has 1 atom stereocenters. The molecule has 2 aromatic rings. The van der Waals surface area contributed by atoms with Crippen molar-refractivity contribution in [3.63, 3.8) is 0 Å². The van der Waals surface area contributed by atoms with Crippen molar-refractivity contribution in [3.05, 3.63) is 57.8 Å². The lowest BCUT2D eigenvalue weighted by Gasteiger charge is -2.35. The second-order valence-electron chi connectivity index (χ2n) is 7.79. The maximum Gasteiger partial charge on any atom is 0.253 e. The standard InChI is InChI=1S/C22H26N2O2S/c1-16-4-6-18(7-5-16)21(25)23-11-2-3-19(14-23)22(26)24(20-8-9-20)13-17-10-12-27-15-17/h4-7,10,12,15,19-20H,2-3,8-9,11,13-14H2,1H3. The van der Waals surface area contributed by atoms with Crippen LogP contribution in [-0.2, 0) is 11.3 Å². The SMILES string of the molecule is Cc1ccc(C(=O)N2CCCC(C(=O)N(Cc3ccsc3)C3CC3)C2)cc1. The first kappa shape index (κ1) is 18.2. The Bertz CT molecular complexity index is 796. The predicted octanol–water partition coefficient (Wildman–Crippen LogP) is 4.10. The molecule has 2 amide bonds. The van der Waals surface area contributed by atoms with Gasteiger partial charge in [-0.2, -0.15) is 11.3 Å². The van der Waals surface area contributed by atoms with Gasteiger partial charge in [0.05, 0.1) is 5.92 Å². The lowest BCUT2D eigenvalue weighted by Crippen LogP contribution is -2.47. The van der Waals surface area contributed by atoms with Gasteiger partial charge in [-0.15, -0.1) is 0 Å². The molecule has 0 N–H and O–H groups in total.